The van der Waals surface area contributed by atoms with Gasteiger partial charge in [0.05, 0.1) is 29.0 Å². The highest BCUT2D eigenvalue weighted by Gasteiger charge is 2.40. The minimum Gasteiger partial charge on any atom is -0.333 e. The summed E-state index contributed by atoms with van der Waals surface area (Å²) >= 11 is 0. The number of allylic oxidation sites excluding steroid dienone is 6. The summed E-state index contributed by atoms with van der Waals surface area (Å²) in [5, 5.41) is 1.28. The Labute approximate surface area is 269 Å². The third-order valence-corrected chi connectivity index (χ3v) is 10.4. The predicted octanol–water partition coefficient (Wildman–Crippen LogP) is 10.5. The lowest BCUT2D eigenvalue weighted by Crippen LogP contribution is -2.30. The molecule has 5 aromatic rings. The van der Waals surface area contributed by atoms with Crippen LogP contribution in [-0.2, 0) is 0 Å². The number of fused-ring (bicyclic) bond motifs is 9. The van der Waals surface area contributed by atoms with Gasteiger partial charge in [-0.2, -0.15) is 0 Å². The molecule has 0 N–H and O–H groups in total. The Bertz CT molecular complexity index is 2140. The van der Waals surface area contributed by atoms with Crippen LogP contribution in [0.25, 0.3) is 28.7 Å². The number of nitrogens with zero attached hydrogens (tertiary/aromatic N) is 3. The summed E-state index contributed by atoms with van der Waals surface area (Å²) in [7, 11) is 0. The van der Waals surface area contributed by atoms with Crippen LogP contribution in [0.15, 0.2) is 152 Å². The topological polar surface area (TPSA) is 11.4 Å². The number of anilines is 4. The molecule has 0 saturated heterocycles. The summed E-state index contributed by atoms with van der Waals surface area (Å²) in [4.78, 5) is 5.15. The van der Waals surface area contributed by atoms with E-state index in [1.165, 1.54) is 61.7 Å². The van der Waals surface area contributed by atoms with Gasteiger partial charge in [0.1, 0.15) is 0 Å². The highest BCUT2D eigenvalue weighted by molar-refractivity contribution is 5.96. The van der Waals surface area contributed by atoms with Gasteiger partial charge in [-0.1, -0.05) is 121 Å². The Kier molecular flexibility index (Phi) is 5.59. The van der Waals surface area contributed by atoms with Crippen molar-refractivity contribution in [2.75, 3.05) is 9.80 Å². The number of hydrogen-bond acceptors (Lipinski definition) is 2. The summed E-state index contributed by atoms with van der Waals surface area (Å²) in [6, 6.07) is 34.5. The first-order valence-electron chi connectivity index (χ1n) is 16.4. The van der Waals surface area contributed by atoms with Crippen molar-refractivity contribution >= 4 is 45.8 Å². The number of rotatable bonds is 3. The molecule has 0 fully saturated rings. The van der Waals surface area contributed by atoms with Gasteiger partial charge in [-0.15, -0.1) is 0 Å². The number of para-hydroxylation sites is 3. The van der Waals surface area contributed by atoms with E-state index >= 15 is 0 Å². The van der Waals surface area contributed by atoms with Crippen molar-refractivity contribution in [1.82, 2.24) is 4.57 Å². The molecule has 0 spiro atoms. The smallest absolute Gasteiger partial charge is 0.0629 e. The molecule has 4 unspecified atom stereocenters. The molecule has 0 bridgehead atoms. The molecular weight excluding hydrogens is 558 g/mol. The lowest BCUT2D eigenvalue weighted by molar-refractivity contribution is 0.739. The summed E-state index contributed by atoms with van der Waals surface area (Å²) < 4.78 is 2.48. The van der Waals surface area contributed by atoms with Crippen LogP contribution in [0.4, 0.5) is 22.7 Å². The van der Waals surface area contributed by atoms with E-state index in [-0.39, 0.29) is 12.1 Å². The molecule has 3 nitrogen and oxygen atoms in total. The molecule has 10 rings (SSSR count). The molecule has 46 heavy (non-hydrogen) atoms. The average molecular weight is 592 g/mol. The van der Waals surface area contributed by atoms with E-state index < -0.39 is 0 Å². The lowest BCUT2D eigenvalue weighted by Gasteiger charge is -2.33. The van der Waals surface area contributed by atoms with Gasteiger partial charge < -0.3 is 14.4 Å². The Morgan fingerprint density at radius 3 is 1.74 bits per heavy atom. The van der Waals surface area contributed by atoms with Crippen molar-refractivity contribution < 1.29 is 0 Å². The van der Waals surface area contributed by atoms with Gasteiger partial charge in [-0.25, -0.2) is 0 Å². The number of aromatic nitrogens is 1. The van der Waals surface area contributed by atoms with Crippen molar-refractivity contribution in [2.24, 2.45) is 0 Å². The molecule has 0 amide bonds. The highest BCUT2D eigenvalue weighted by Crippen LogP contribution is 2.52. The molecule has 3 heterocycles. The van der Waals surface area contributed by atoms with E-state index in [0.29, 0.717) is 11.8 Å². The Balaban J connectivity index is 1.26. The molecule has 220 valence electrons. The zero-order valence-electron chi connectivity index (χ0n) is 25.4. The van der Waals surface area contributed by atoms with E-state index in [1.807, 2.05) is 0 Å². The minimum absolute atomic E-state index is 0.225. The minimum atomic E-state index is 0.225. The lowest BCUT2D eigenvalue weighted by atomic mass is 9.91. The van der Waals surface area contributed by atoms with Crippen molar-refractivity contribution in [3.8, 4) is 5.69 Å². The highest BCUT2D eigenvalue weighted by atomic mass is 15.2. The van der Waals surface area contributed by atoms with Crippen LogP contribution in [0.3, 0.4) is 0 Å². The zero-order chi connectivity index (χ0) is 30.2. The summed E-state index contributed by atoms with van der Waals surface area (Å²) in [5.74, 6) is 0.654. The second-order valence-electron chi connectivity index (χ2n) is 12.8. The van der Waals surface area contributed by atoms with E-state index in [9.17, 15) is 0 Å². The van der Waals surface area contributed by atoms with Gasteiger partial charge in [-0.05, 0) is 60.0 Å². The van der Waals surface area contributed by atoms with Crippen molar-refractivity contribution in [3.05, 3.63) is 174 Å². The Morgan fingerprint density at radius 2 is 1.07 bits per heavy atom. The van der Waals surface area contributed by atoms with Crippen LogP contribution in [0, 0.1) is 0 Å². The van der Waals surface area contributed by atoms with E-state index in [1.54, 1.807) is 0 Å². The van der Waals surface area contributed by atoms with Gasteiger partial charge in [0.25, 0.3) is 0 Å². The molecule has 3 heteroatoms. The molecule has 4 aromatic carbocycles. The molecule has 2 aliphatic heterocycles. The normalized spacial score (nSPS) is 23.0. The first-order valence-corrected chi connectivity index (χ1v) is 16.4. The van der Waals surface area contributed by atoms with Crippen LogP contribution in [0.2, 0.25) is 0 Å². The van der Waals surface area contributed by atoms with E-state index in [0.717, 1.165) is 6.42 Å². The number of benzene rings is 4. The molecule has 0 saturated carbocycles. The molecule has 5 aliphatic rings. The molecule has 0 radical (unpaired) electrons. The third kappa shape index (κ3) is 3.66. The molecule has 3 aliphatic carbocycles. The quantitative estimate of drug-likeness (QED) is 0.207. The van der Waals surface area contributed by atoms with Crippen molar-refractivity contribution in [3.63, 3.8) is 0 Å². The molecular formula is C43H33N3. The van der Waals surface area contributed by atoms with Crippen LogP contribution < -0.4 is 9.80 Å². The predicted molar refractivity (Wildman–Crippen MR) is 193 cm³/mol. The molecule has 1 aromatic heterocycles. The standard InChI is InChI=1S/C43H33N3/c1-2-14-32-33-15-4-9-21-39(33)44(38(32)20-3-1)29-26-30(45-40-22-10-5-16-34(40)35-17-6-11-23-41(35)45)28-31(27-29)46-42-24-12-7-18-36(42)37-19-8-13-25-43(37)46/h2-28,34,36,40,42H,1H2. The first-order chi connectivity index (χ1) is 22.8. The average Bonchev–Trinajstić information content (AvgIpc) is 3.66. The maximum Gasteiger partial charge on any atom is 0.0629 e. The van der Waals surface area contributed by atoms with Crippen molar-refractivity contribution in [2.45, 2.75) is 30.3 Å². The zero-order valence-corrected chi connectivity index (χ0v) is 25.4. The largest absolute Gasteiger partial charge is 0.333 e. The fraction of sp³-hybridized carbons (Fsp3) is 0.116. The number of hydrogen-bond donors (Lipinski definition) is 0. The van der Waals surface area contributed by atoms with Crippen LogP contribution in [-0.4, -0.2) is 16.7 Å². The second-order valence-corrected chi connectivity index (χ2v) is 12.8. The van der Waals surface area contributed by atoms with Gasteiger partial charge >= 0.3 is 0 Å². The van der Waals surface area contributed by atoms with Gasteiger partial charge in [0, 0.05) is 45.5 Å². The summed E-state index contributed by atoms with van der Waals surface area (Å²) in [6.07, 6.45) is 28.4. The Hall–Kier alpha value is -5.54. The monoisotopic (exact) mass is 591 g/mol. The van der Waals surface area contributed by atoms with Crippen molar-refractivity contribution in [1.29, 1.82) is 0 Å². The fourth-order valence-corrected chi connectivity index (χ4v) is 8.51. The first kappa shape index (κ1) is 25.8. The maximum atomic E-state index is 2.57. The molecule has 4 atom stereocenters. The maximum absolute atomic E-state index is 2.57. The fourth-order valence-electron chi connectivity index (χ4n) is 8.51. The van der Waals surface area contributed by atoms with Gasteiger partial charge in [0.2, 0.25) is 0 Å². The van der Waals surface area contributed by atoms with Crippen LogP contribution >= 0.6 is 0 Å². The summed E-state index contributed by atoms with van der Waals surface area (Å²) in [5.41, 5.74) is 12.7. The second kappa shape index (κ2) is 9.98. The van der Waals surface area contributed by atoms with Crippen LogP contribution in [0.1, 0.15) is 40.6 Å². The van der Waals surface area contributed by atoms with E-state index in [2.05, 4.69) is 178 Å². The third-order valence-electron chi connectivity index (χ3n) is 10.4. The van der Waals surface area contributed by atoms with Gasteiger partial charge in [-0.3, -0.25) is 0 Å². The SMILES string of the molecule is C1=CC2c3ccccc3N(c3cc(N4c5ccccc5C5C=CC=CC54)cc(-n4c5c(c6ccccc64)C=CCC=C5)c3)C2C=C1. The summed E-state index contributed by atoms with van der Waals surface area (Å²) in [6.45, 7) is 0. The van der Waals surface area contributed by atoms with Crippen LogP contribution in [0.5, 0.6) is 0 Å². The van der Waals surface area contributed by atoms with Gasteiger partial charge in [0.15, 0.2) is 0 Å². The Morgan fingerprint density at radius 1 is 0.522 bits per heavy atom. The van der Waals surface area contributed by atoms with E-state index in [4.69, 9.17) is 0 Å².